The highest BCUT2D eigenvalue weighted by Crippen LogP contribution is 2.31. The van der Waals surface area contributed by atoms with Gasteiger partial charge in [-0.05, 0) is 55.5 Å². The van der Waals surface area contributed by atoms with Crippen molar-refractivity contribution in [2.45, 2.75) is 17.9 Å². The number of sulfonamides is 1. The van der Waals surface area contributed by atoms with E-state index in [0.29, 0.717) is 28.7 Å². The van der Waals surface area contributed by atoms with Gasteiger partial charge in [-0.3, -0.25) is 9.52 Å². The fraction of sp³-hybridized carbons (Fsp3) is 0.208. The van der Waals surface area contributed by atoms with Gasteiger partial charge in [-0.15, -0.1) is 0 Å². The number of hydrogen-bond donors (Lipinski definition) is 2. The van der Waals surface area contributed by atoms with E-state index >= 15 is 0 Å². The predicted octanol–water partition coefficient (Wildman–Crippen LogP) is 3.92. The van der Waals surface area contributed by atoms with Gasteiger partial charge in [0.2, 0.25) is 0 Å². The lowest BCUT2D eigenvalue weighted by Gasteiger charge is -2.17. The third-order valence-electron chi connectivity index (χ3n) is 4.83. The molecule has 0 heterocycles. The largest absolute Gasteiger partial charge is 0.497 e. The molecule has 0 saturated carbocycles. The topological polar surface area (TPSA) is 112 Å². The molecule has 1 amide bonds. The lowest BCUT2D eigenvalue weighted by atomic mass is 10.3. The molecule has 0 bridgehead atoms. The SMILES string of the molecule is COc1ccc(OC)c(NS(=O)(=O)c2ccc(NC(=O)[C@@H](C)Oc3ccccc3OC)cc2)c1. The highest BCUT2D eigenvalue weighted by atomic mass is 32.2. The van der Waals surface area contributed by atoms with E-state index in [2.05, 4.69) is 10.0 Å². The Labute approximate surface area is 198 Å². The summed E-state index contributed by atoms with van der Waals surface area (Å²) in [6.07, 6.45) is -0.818. The number of amides is 1. The molecule has 3 aromatic rings. The highest BCUT2D eigenvalue weighted by molar-refractivity contribution is 7.92. The minimum Gasteiger partial charge on any atom is -0.497 e. The number of nitrogens with one attached hydrogen (secondary N) is 2. The fourth-order valence-electron chi connectivity index (χ4n) is 3.02. The van der Waals surface area contributed by atoms with E-state index in [1.54, 1.807) is 43.3 Å². The summed E-state index contributed by atoms with van der Waals surface area (Å²) in [5.74, 6) is 1.36. The second kappa shape index (κ2) is 10.8. The second-order valence-electron chi connectivity index (χ2n) is 7.10. The fourth-order valence-corrected chi connectivity index (χ4v) is 4.08. The summed E-state index contributed by atoms with van der Waals surface area (Å²) in [6.45, 7) is 1.60. The van der Waals surface area contributed by atoms with E-state index in [1.165, 1.54) is 51.7 Å². The van der Waals surface area contributed by atoms with Gasteiger partial charge in [0, 0.05) is 11.8 Å². The quantitative estimate of drug-likeness (QED) is 0.447. The molecule has 0 radical (unpaired) electrons. The minimum atomic E-state index is -3.92. The maximum Gasteiger partial charge on any atom is 0.265 e. The Kier molecular flexibility index (Phi) is 7.85. The van der Waals surface area contributed by atoms with Gasteiger partial charge >= 0.3 is 0 Å². The molecule has 10 heteroatoms. The first kappa shape index (κ1) is 24.7. The molecule has 34 heavy (non-hydrogen) atoms. The molecule has 0 fully saturated rings. The summed E-state index contributed by atoms with van der Waals surface area (Å²) in [6, 6.07) is 17.5. The van der Waals surface area contributed by atoms with Crippen molar-refractivity contribution in [1.82, 2.24) is 0 Å². The van der Waals surface area contributed by atoms with E-state index < -0.39 is 22.0 Å². The Morgan fingerprint density at radius 1 is 0.824 bits per heavy atom. The lowest BCUT2D eigenvalue weighted by Crippen LogP contribution is -2.30. The summed E-state index contributed by atoms with van der Waals surface area (Å²) in [5, 5.41) is 2.70. The van der Waals surface area contributed by atoms with Gasteiger partial charge in [-0.25, -0.2) is 8.42 Å². The van der Waals surface area contributed by atoms with E-state index in [-0.39, 0.29) is 10.6 Å². The average molecular weight is 487 g/mol. The summed E-state index contributed by atoms with van der Waals surface area (Å²) in [7, 11) is 0.520. The van der Waals surface area contributed by atoms with Crippen LogP contribution in [-0.4, -0.2) is 41.8 Å². The number of ether oxygens (including phenoxy) is 4. The molecule has 0 aromatic heterocycles. The lowest BCUT2D eigenvalue weighted by molar-refractivity contribution is -0.122. The van der Waals surface area contributed by atoms with Gasteiger partial charge in [0.25, 0.3) is 15.9 Å². The summed E-state index contributed by atoms with van der Waals surface area (Å²) in [4.78, 5) is 12.5. The summed E-state index contributed by atoms with van der Waals surface area (Å²) in [5.41, 5.74) is 0.653. The van der Waals surface area contributed by atoms with Crippen LogP contribution in [0.2, 0.25) is 0 Å². The van der Waals surface area contributed by atoms with Crippen molar-refractivity contribution in [3.8, 4) is 23.0 Å². The number of benzene rings is 3. The van der Waals surface area contributed by atoms with Crippen LogP contribution in [0.25, 0.3) is 0 Å². The molecule has 3 rings (SSSR count). The molecule has 1 atom stereocenters. The highest BCUT2D eigenvalue weighted by Gasteiger charge is 2.19. The van der Waals surface area contributed by atoms with Crippen LogP contribution in [0.5, 0.6) is 23.0 Å². The van der Waals surface area contributed by atoms with Crippen LogP contribution >= 0.6 is 0 Å². The van der Waals surface area contributed by atoms with Crippen molar-refractivity contribution >= 4 is 27.3 Å². The van der Waals surface area contributed by atoms with Gasteiger partial charge in [-0.1, -0.05) is 12.1 Å². The van der Waals surface area contributed by atoms with Crippen LogP contribution in [0, 0.1) is 0 Å². The zero-order valence-electron chi connectivity index (χ0n) is 19.2. The van der Waals surface area contributed by atoms with Crippen LogP contribution in [0.3, 0.4) is 0 Å². The van der Waals surface area contributed by atoms with Gasteiger partial charge < -0.3 is 24.3 Å². The van der Waals surface area contributed by atoms with Crippen molar-refractivity contribution in [3.63, 3.8) is 0 Å². The van der Waals surface area contributed by atoms with Crippen LogP contribution in [0.15, 0.2) is 71.6 Å². The predicted molar refractivity (Wildman–Crippen MR) is 129 cm³/mol. The summed E-state index contributed by atoms with van der Waals surface area (Å²) < 4.78 is 49.5. The van der Waals surface area contributed by atoms with Crippen LogP contribution in [-0.2, 0) is 14.8 Å². The molecule has 0 unspecified atom stereocenters. The maximum atomic E-state index is 12.8. The Hall–Kier alpha value is -3.92. The molecule has 180 valence electrons. The van der Waals surface area contributed by atoms with Crippen LogP contribution < -0.4 is 29.0 Å². The van der Waals surface area contributed by atoms with Crippen molar-refractivity contribution in [2.75, 3.05) is 31.4 Å². The molecule has 0 aliphatic rings. The molecular formula is C24H26N2O7S. The van der Waals surface area contributed by atoms with Gasteiger partial charge in [0.1, 0.15) is 11.5 Å². The number of anilines is 2. The van der Waals surface area contributed by atoms with Gasteiger partial charge in [0.15, 0.2) is 17.6 Å². The molecule has 3 aromatic carbocycles. The van der Waals surface area contributed by atoms with E-state index in [4.69, 9.17) is 18.9 Å². The molecule has 0 spiro atoms. The smallest absolute Gasteiger partial charge is 0.265 e. The third kappa shape index (κ3) is 5.90. The Morgan fingerprint density at radius 2 is 1.47 bits per heavy atom. The number of carbonyl (C=O) groups is 1. The molecule has 0 aliphatic heterocycles. The van der Waals surface area contributed by atoms with Crippen molar-refractivity contribution in [3.05, 3.63) is 66.7 Å². The van der Waals surface area contributed by atoms with E-state index in [9.17, 15) is 13.2 Å². The molecule has 9 nitrogen and oxygen atoms in total. The maximum absolute atomic E-state index is 12.8. The summed E-state index contributed by atoms with van der Waals surface area (Å²) >= 11 is 0. The first-order valence-corrected chi connectivity index (χ1v) is 11.7. The van der Waals surface area contributed by atoms with Crippen molar-refractivity contribution < 1.29 is 32.2 Å². The first-order chi connectivity index (χ1) is 16.3. The average Bonchev–Trinajstić information content (AvgIpc) is 2.84. The monoisotopic (exact) mass is 486 g/mol. The van der Waals surface area contributed by atoms with Crippen molar-refractivity contribution in [1.29, 1.82) is 0 Å². The van der Waals surface area contributed by atoms with Crippen LogP contribution in [0.4, 0.5) is 11.4 Å². The second-order valence-corrected chi connectivity index (χ2v) is 8.78. The van der Waals surface area contributed by atoms with Gasteiger partial charge in [0.05, 0.1) is 31.9 Å². The van der Waals surface area contributed by atoms with Crippen LogP contribution in [0.1, 0.15) is 6.92 Å². The number of para-hydroxylation sites is 2. The van der Waals surface area contributed by atoms with E-state index in [0.717, 1.165) is 0 Å². The Balaban J connectivity index is 1.69. The van der Waals surface area contributed by atoms with Crippen molar-refractivity contribution in [2.24, 2.45) is 0 Å². The number of carbonyl (C=O) groups excluding carboxylic acids is 1. The zero-order valence-corrected chi connectivity index (χ0v) is 20.0. The Morgan fingerprint density at radius 3 is 2.09 bits per heavy atom. The van der Waals surface area contributed by atoms with Gasteiger partial charge in [-0.2, -0.15) is 0 Å². The third-order valence-corrected chi connectivity index (χ3v) is 6.21. The normalized spacial score (nSPS) is 11.8. The zero-order chi connectivity index (χ0) is 24.7. The number of methoxy groups -OCH3 is 3. The Bertz CT molecular complexity index is 1240. The standard InChI is InChI=1S/C24H26N2O7S/c1-16(33-23-8-6-5-7-22(23)32-4)24(27)25-17-9-12-19(13-10-17)34(28,29)26-20-15-18(30-2)11-14-21(20)31-3/h5-16,26H,1-4H3,(H,25,27)/t16-/m1/s1. The first-order valence-electron chi connectivity index (χ1n) is 10.2. The number of hydrogen-bond acceptors (Lipinski definition) is 7. The van der Waals surface area contributed by atoms with E-state index in [1.807, 2.05) is 0 Å². The molecule has 2 N–H and O–H groups in total. The minimum absolute atomic E-state index is 0.00805. The molecular weight excluding hydrogens is 460 g/mol. The molecule has 0 saturated heterocycles. The number of rotatable bonds is 10. The molecule has 0 aliphatic carbocycles.